The van der Waals surface area contributed by atoms with Crippen LogP contribution in [0.1, 0.15) is 37.2 Å². The summed E-state index contributed by atoms with van der Waals surface area (Å²) in [5.74, 6) is 0.0182. The van der Waals surface area contributed by atoms with Gasteiger partial charge < -0.3 is 15.4 Å². The normalized spacial score (nSPS) is 11.0. The van der Waals surface area contributed by atoms with Crippen LogP contribution in [0.5, 0.6) is 5.75 Å². The van der Waals surface area contributed by atoms with E-state index in [9.17, 15) is 9.59 Å². The molecule has 3 aromatic heterocycles. The lowest BCUT2D eigenvalue weighted by atomic mass is 10.1. The first-order valence-electron chi connectivity index (χ1n) is 10.7. The molecule has 9 heteroatoms. The first kappa shape index (κ1) is 22.5. The van der Waals surface area contributed by atoms with Crippen LogP contribution in [0.25, 0.3) is 21.6 Å². The summed E-state index contributed by atoms with van der Waals surface area (Å²) in [6.07, 6.45) is 1.68. The van der Waals surface area contributed by atoms with Crippen LogP contribution in [-0.4, -0.2) is 39.7 Å². The van der Waals surface area contributed by atoms with Crippen molar-refractivity contribution < 1.29 is 14.3 Å². The number of hydrogen-bond donors (Lipinski definition) is 2. The standard InChI is InChI=1S/C24H25N5O3S/c1-4-25-22(30)14-32-17-8-5-7-16(11-17)27-24(31)18-12-20(21-9-6-10-33-21)28-23-19(18)13-26-29(23)15(2)3/h5-13,15H,4,14H2,1-3H3,(H,25,30)(H,27,31). The highest BCUT2D eigenvalue weighted by molar-refractivity contribution is 7.13. The van der Waals surface area contributed by atoms with Gasteiger partial charge in [0.15, 0.2) is 12.3 Å². The number of anilines is 1. The highest BCUT2D eigenvalue weighted by Gasteiger charge is 2.19. The number of rotatable bonds is 8. The van der Waals surface area contributed by atoms with Crippen LogP contribution in [-0.2, 0) is 4.79 Å². The first-order chi connectivity index (χ1) is 16.0. The van der Waals surface area contributed by atoms with Crippen LogP contribution in [0.3, 0.4) is 0 Å². The summed E-state index contributed by atoms with van der Waals surface area (Å²) < 4.78 is 7.35. The molecule has 4 rings (SSSR count). The number of nitrogens with zero attached hydrogens (tertiary/aromatic N) is 3. The van der Waals surface area contributed by atoms with Crippen LogP contribution in [0, 0.1) is 0 Å². The Kier molecular flexibility index (Phi) is 6.69. The number of pyridine rings is 1. The summed E-state index contributed by atoms with van der Waals surface area (Å²) in [6, 6.07) is 12.8. The number of hydrogen-bond acceptors (Lipinski definition) is 6. The van der Waals surface area contributed by atoms with Gasteiger partial charge in [0.1, 0.15) is 5.75 Å². The minimum Gasteiger partial charge on any atom is -0.484 e. The van der Waals surface area contributed by atoms with Gasteiger partial charge in [0.2, 0.25) is 0 Å². The minimum absolute atomic E-state index is 0.0885. The van der Waals surface area contributed by atoms with Crippen molar-refractivity contribution >= 4 is 39.9 Å². The molecular formula is C24H25N5O3S. The molecule has 0 aliphatic heterocycles. The van der Waals surface area contributed by atoms with Gasteiger partial charge in [0, 0.05) is 24.3 Å². The third-order valence-corrected chi connectivity index (χ3v) is 5.80. The molecule has 2 N–H and O–H groups in total. The van der Waals surface area contributed by atoms with Crippen LogP contribution >= 0.6 is 11.3 Å². The van der Waals surface area contributed by atoms with E-state index in [1.807, 2.05) is 43.0 Å². The van der Waals surface area contributed by atoms with E-state index in [0.717, 1.165) is 10.6 Å². The number of fused-ring (bicyclic) bond motifs is 1. The molecule has 170 valence electrons. The Labute approximate surface area is 195 Å². The predicted molar refractivity (Wildman–Crippen MR) is 130 cm³/mol. The van der Waals surface area contributed by atoms with Gasteiger partial charge >= 0.3 is 0 Å². The van der Waals surface area contributed by atoms with E-state index in [-0.39, 0.29) is 24.5 Å². The Balaban J connectivity index is 1.63. The van der Waals surface area contributed by atoms with Crippen molar-refractivity contribution in [2.24, 2.45) is 0 Å². The highest BCUT2D eigenvalue weighted by Crippen LogP contribution is 2.29. The molecule has 0 aliphatic carbocycles. The number of carbonyl (C=O) groups is 2. The van der Waals surface area contributed by atoms with Crippen molar-refractivity contribution in [2.75, 3.05) is 18.5 Å². The van der Waals surface area contributed by atoms with E-state index in [1.54, 1.807) is 47.9 Å². The van der Waals surface area contributed by atoms with Crippen molar-refractivity contribution in [2.45, 2.75) is 26.8 Å². The van der Waals surface area contributed by atoms with Crippen molar-refractivity contribution in [1.29, 1.82) is 0 Å². The van der Waals surface area contributed by atoms with Gasteiger partial charge in [-0.1, -0.05) is 12.1 Å². The van der Waals surface area contributed by atoms with Gasteiger partial charge in [-0.2, -0.15) is 5.10 Å². The lowest BCUT2D eigenvalue weighted by molar-refractivity contribution is -0.122. The molecule has 0 unspecified atom stereocenters. The zero-order chi connectivity index (χ0) is 23.4. The second-order valence-corrected chi connectivity index (χ2v) is 8.62. The smallest absolute Gasteiger partial charge is 0.257 e. The minimum atomic E-state index is -0.274. The van der Waals surface area contributed by atoms with Crippen LogP contribution in [0.2, 0.25) is 0 Å². The maximum absolute atomic E-state index is 13.3. The molecule has 0 spiro atoms. The Morgan fingerprint density at radius 1 is 1.18 bits per heavy atom. The summed E-state index contributed by atoms with van der Waals surface area (Å²) in [7, 11) is 0. The highest BCUT2D eigenvalue weighted by atomic mass is 32.1. The Bertz CT molecular complexity index is 1280. The molecule has 4 aromatic rings. The van der Waals surface area contributed by atoms with Gasteiger partial charge in [-0.05, 0) is 50.4 Å². The van der Waals surface area contributed by atoms with Gasteiger partial charge in [-0.15, -0.1) is 11.3 Å². The van der Waals surface area contributed by atoms with Gasteiger partial charge in [-0.25, -0.2) is 9.67 Å². The maximum atomic E-state index is 13.3. The summed E-state index contributed by atoms with van der Waals surface area (Å²) in [5, 5.41) is 12.7. The van der Waals surface area contributed by atoms with Gasteiger partial charge in [0.25, 0.3) is 11.8 Å². The first-order valence-corrected chi connectivity index (χ1v) is 11.6. The van der Waals surface area contributed by atoms with E-state index >= 15 is 0 Å². The molecule has 0 radical (unpaired) electrons. The molecule has 0 saturated carbocycles. The topological polar surface area (TPSA) is 98.1 Å². The van der Waals surface area contributed by atoms with E-state index in [2.05, 4.69) is 15.7 Å². The molecule has 0 saturated heterocycles. The fourth-order valence-electron chi connectivity index (χ4n) is 3.39. The van der Waals surface area contributed by atoms with Crippen molar-refractivity contribution in [1.82, 2.24) is 20.1 Å². The van der Waals surface area contributed by atoms with Crippen LogP contribution in [0.4, 0.5) is 5.69 Å². The summed E-state index contributed by atoms with van der Waals surface area (Å²) in [5.41, 5.74) is 2.44. The van der Waals surface area contributed by atoms with E-state index < -0.39 is 0 Å². The average Bonchev–Trinajstić information content (AvgIpc) is 3.47. The number of benzene rings is 1. The van der Waals surface area contributed by atoms with Gasteiger partial charge in [-0.3, -0.25) is 9.59 Å². The average molecular weight is 464 g/mol. The second-order valence-electron chi connectivity index (χ2n) is 7.68. The number of aromatic nitrogens is 3. The number of thiophene rings is 1. The van der Waals surface area contributed by atoms with Crippen molar-refractivity contribution in [3.63, 3.8) is 0 Å². The third kappa shape index (κ3) is 5.04. The fourth-order valence-corrected chi connectivity index (χ4v) is 4.08. The Morgan fingerprint density at radius 3 is 2.76 bits per heavy atom. The van der Waals surface area contributed by atoms with E-state index in [0.29, 0.717) is 34.6 Å². The summed E-state index contributed by atoms with van der Waals surface area (Å²) in [4.78, 5) is 30.7. The number of nitrogens with one attached hydrogen (secondary N) is 2. The van der Waals surface area contributed by atoms with E-state index in [4.69, 9.17) is 9.72 Å². The Morgan fingerprint density at radius 2 is 2.03 bits per heavy atom. The molecule has 8 nitrogen and oxygen atoms in total. The predicted octanol–water partition coefficient (Wildman–Crippen LogP) is 4.51. The van der Waals surface area contributed by atoms with Gasteiger partial charge in [0.05, 0.1) is 27.7 Å². The van der Waals surface area contributed by atoms with Crippen molar-refractivity contribution in [3.05, 3.63) is 59.6 Å². The molecule has 3 heterocycles. The molecule has 0 atom stereocenters. The number of amides is 2. The molecule has 1 aromatic carbocycles. The summed E-state index contributed by atoms with van der Waals surface area (Å²) in [6.45, 7) is 6.35. The lowest BCUT2D eigenvalue weighted by Gasteiger charge is -2.11. The molecule has 0 aliphatic rings. The summed E-state index contributed by atoms with van der Waals surface area (Å²) >= 11 is 1.57. The number of likely N-dealkylation sites (N-methyl/N-ethyl adjacent to an activating group) is 1. The van der Waals surface area contributed by atoms with Crippen molar-refractivity contribution in [3.8, 4) is 16.3 Å². The lowest BCUT2D eigenvalue weighted by Crippen LogP contribution is -2.28. The molecular weight excluding hydrogens is 438 g/mol. The molecule has 0 bridgehead atoms. The Hall–Kier alpha value is -3.72. The zero-order valence-corrected chi connectivity index (χ0v) is 19.5. The monoisotopic (exact) mass is 463 g/mol. The van der Waals surface area contributed by atoms with Crippen LogP contribution < -0.4 is 15.4 Å². The number of carbonyl (C=O) groups excluding carboxylic acids is 2. The maximum Gasteiger partial charge on any atom is 0.257 e. The SMILES string of the molecule is CCNC(=O)COc1cccc(NC(=O)c2cc(-c3cccs3)nc3c2cnn3C(C)C)c1. The molecule has 0 fully saturated rings. The number of ether oxygens (including phenoxy) is 1. The second kappa shape index (κ2) is 9.83. The fraction of sp³-hybridized carbons (Fsp3) is 0.250. The molecule has 2 amide bonds. The zero-order valence-electron chi connectivity index (χ0n) is 18.7. The largest absolute Gasteiger partial charge is 0.484 e. The van der Waals surface area contributed by atoms with Crippen LogP contribution in [0.15, 0.2) is 54.0 Å². The quantitative estimate of drug-likeness (QED) is 0.401. The van der Waals surface area contributed by atoms with E-state index in [1.165, 1.54) is 0 Å². The molecule has 33 heavy (non-hydrogen) atoms. The third-order valence-electron chi connectivity index (χ3n) is 4.91.